The molecule has 0 radical (unpaired) electrons. The Labute approximate surface area is 144 Å². The van der Waals surface area contributed by atoms with Crippen LogP contribution >= 0.6 is 11.6 Å². The number of benzene rings is 2. The highest BCUT2D eigenvalue weighted by molar-refractivity contribution is 7.90. The molecule has 1 heterocycles. The van der Waals surface area contributed by atoms with E-state index >= 15 is 0 Å². The van der Waals surface area contributed by atoms with Crippen LogP contribution in [-0.2, 0) is 9.84 Å². The number of rotatable bonds is 4. The van der Waals surface area contributed by atoms with Gasteiger partial charge in [0, 0.05) is 17.4 Å². The zero-order valence-corrected chi connectivity index (χ0v) is 14.6. The Morgan fingerprint density at radius 1 is 1.08 bits per heavy atom. The monoisotopic (exact) mass is 363 g/mol. The number of hydrogen-bond donors (Lipinski definition) is 0. The molecule has 0 spiro atoms. The van der Waals surface area contributed by atoms with Gasteiger partial charge in [-0.25, -0.2) is 8.42 Å². The highest BCUT2D eigenvalue weighted by atomic mass is 35.5. The maximum Gasteiger partial charge on any atom is 0.175 e. The normalized spacial score (nSPS) is 11.5. The van der Waals surface area contributed by atoms with Gasteiger partial charge in [-0.05, 0) is 35.9 Å². The molecular weight excluding hydrogens is 350 g/mol. The number of hydrogen-bond acceptors (Lipinski definition) is 5. The van der Waals surface area contributed by atoms with Crippen LogP contribution in [0.2, 0.25) is 5.02 Å². The number of sulfone groups is 1. The van der Waals surface area contributed by atoms with E-state index in [0.29, 0.717) is 16.5 Å². The van der Waals surface area contributed by atoms with Crippen LogP contribution in [0, 0.1) is 0 Å². The molecule has 0 fully saturated rings. The lowest BCUT2D eigenvalue weighted by molar-refractivity contribution is 0.415. The van der Waals surface area contributed by atoms with Gasteiger partial charge < -0.3 is 9.26 Å². The lowest BCUT2D eigenvalue weighted by Gasteiger charge is -2.06. The van der Waals surface area contributed by atoms with E-state index in [2.05, 4.69) is 5.16 Å². The zero-order chi connectivity index (χ0) is 17.3. The summed E-state index contributed by atoms with van der Waals surface area (Å²) in [4.78, 5) is 0.261. The second-order valence-corrected chi connectivity index (χ2v) is 7.65. The van der Waals surface area contributed by atoms with E-state index in [1.165, 1.54) is 12.5 Å². The first-order valence-electron chi connectivity index (χ1n) is 6.99. The van der Waals surface area contributed by atoms with E-state index in [0.717, 1.165) is 16.7 Å². The van der Waals surface area contributed by atoms with Crippen molar-refractivity contribution in [2.45, 2.75) is 4.90 Å². The zero-order valence-electron chi connectivity index (χ0n) is 13.0. The first kappa shape index (κ1) is 16.5. The summed E-state index contributed by atoms with van der Waals surface area (Å²) < 4.78 is 33.4. The molecular formula is C17H14ClNO4S. The Bertz CT molecular complexity index is 978. The van der Waals surface area contributed by atoms with Crippen molar-refractivity contribution in [3.05, 3.63) is 53.8 Å². The molecule has 0 unspecified atom stereocenters. The Hall–Kier alpha value is -2.31. The summed E-state index contributed by atoms with van der Waals surface area (Å²) in [5, 5.41) is 4.51. The molecule has 5 nitrogen and oxygen atoms in total. The number of nitrogens with zero attached hydrogens (tertiary/aromatic N) is 1. The molecule has 1 aromatic heterocycles. The average molecular weight is 364 g/mol. The smallest absolute Gasteiger partial charge is 0.175 e. The van der Waals surface area contributed by atoms with E-state index < -0.39 is 9.84 Å². The number of aromatic nitrogens is 1. The summed E-state index contributed by atoms with van der Waals surface area (Å²) >= 11 is 6.17. The van der Waals surface area contributed by atoms with Gasteiger partial charge in [-0.3, -0.25) is 0 Å². The molecule has 0 bridgehead atoms. The Morgan fingerprint density at radius 3 is 2.33 bits per heavy atom. The van der Waals surface area contributed by atoms with Crippen molar-refractivity contribution >= 4 is 21.4 Å². The van der Waals surface area contributed by atoms with Crippen LogP contribution in [0.15, 0.2) is 58.1 Å². The molecule has 0 amide bonds. The molecule has 2 aromatic carbocycles. The molecule has 124 valence electrons. The van der Waals surface area contributed by atoms with Crippen LogP contribution in [0.5, 0.6) is 5.75 Å². The molecule has 0 aliphatic carbocycles. The van der Waals surface area contributed by atoms with E-state index in [4.69, 9.17) is 20.9 Å². The number of ether oxygens (including phenoxy) is 1. The predicted octanol–water partition coefficient (Wildman–Crippen LogP) is 4.07. The minimum atomic E-state index is -3.23. The van der Waals surface area contributed by atoms with Gasteiger partial charge in [-0.1, -0.05) is 28.9 Å². The van der Waals surface area contributed by atoms with Gasteiger partial charge >= 0.3 is 0 Å². The van der Waals surface area contributed by atoms with Crippen LogP contribution in [0.25, 0.3) is 22.4 Å². The van der Waals surface area contributed by atoms with Gasteiger partial charge in [0.25, 0.3) is 0 Å². The number of halogens is 1. The summed E-state index contributed by atoms with van der Waals surface area (Å²) in [5.41, 5.74) is 2.94. The third-order valence-corrected chi connectivity index (χ3v) is 5.01. The van der Waals surface area contributed by atoms with Crippen molar-refractivity contribution in [1.82, 2.24) is 5.16 Å². The lowest BCUT2D eigenvalue weighted by Crippen LogP contribution is -1.96. The minimum absolute atomic E-state index is 0.261. The third kappa shape index (κ3) is 3.16. The SMILES string of the molecule is COc1ccc(-c2nocc2-c2ccc(S(C)(=O)=O)cc2)cc1Cl. The molecule has 0 saturated carbocycles. The van der Waals surface area contributed by atoms with Gasteiger partial charge in [0.1, 0.15) is 17.7 Å². The fraction of sp³-hybridized carbons (Fsp3) is 0.118. The van der Waals surface area contributed by atoms with E-state index in [1.807, 2.05) is 6.07 Å². The minimum Gasteiger partial charge on any atom is -0.495 e. The summed E-state index contributed by atoms with van der Waals surface area (Å²) in [7, 11) is -1.69. The van der Waals surface area contributed by atoms with Crippen molar-refractivity contribution in [3.8, 4) is 28.1 Å². The molecule has 24 heavy (non-hydrogen) atoms. The molecule has 0 aliphatic rings. The summed E-state index contributed by atoms with van der Waals surface area (Å²) in [6.45, 7) is 0. The molecule has 3 rings (SSSR count). The van der Waals surface area contributed by atoms with Crippen molar-refractivity contribution < 1.29 is 17.7 Å². The van der Waals surface area contributed by atoms with Crippen molar-refractivity contribution in [3.63, 3.8) is 0 Å². The van der Waals surface area contributed by atoms with Crippen LogP contribution in [0.1, 0.15) is 0 Å². The average Bonchev–Trinajstić information content (AvgIpc) is 3.03. The highest BCUT2D eigenvalue weighted by Crippen LogP contribution is 2.35. The Kier molecular flexibility index (Phi) is 4.34. The van der Waals surface area contributed by atoms with Gasteiger partial charge in [0.05, 0.1) is 17.0 Å². The topological polar surface area (TPSA) is 69.4 Å². The first-order valence-corrected chi connectivity index (χ1v) is 9.26. The van der Waals surface area contributed by atoms with Crippen LogP contribution in [0.4, 0.5) is 0 Å². The maximum absolute atomic E-state index is 11.6. The van der Waals surface area contributed by atoms with Crippen LogP contribution in [-0.4, -0.2) is 26.9 Å². The molecule has 0 atom stereocenters. The lowest BCUT2D eigenvalue weighted by atomic mass is 10.0. The second-order valence-electron chi connectivity index (χ2n) is 5.22. The summed E-state index contributed by atoms with van der Waals surface area (Å²) in [6.07, 6.45) is 2.69. The molecule has 3 aromatic rings. The van der Waals surface area contributed by atoms with Gasteiger partial charge in [-0.15, -0.1) is 0 Å². The van der Waals surface area contributed by atoms with Gasteiger partial charge in [0.2, 0.25) is 0 Å². The van der Waals surface area contributed by atoms with Crippen molar-refractivity contribution in [1.29, 1.82) is 0 Å². The second kappa shape index (κ2) is 6.30. The number of methoxy groups -OCH3 is 1. The fourth-order valence-electron chi connectivity index (χ4n) is 2.35. The predicted molar refractivity (Wildman–Crippen MR) is 92.0 cm³/mol. The van der Waals surface area contributed by atoms with Gasteiger partial charge in [-0.2, -0.15) is 0 Å². The Balaban J connectivity index is 2.03. The van der Waals surface area contributed by atoms with E-state index in [1.54, 1.807) is 43.5 Å². The standard InChI is InChI=1S/C17H14ClNO4S/c1-22-16-8-5-12(9-15(16)18)17-14(10-23-19-17)11-3-6-13(7-4-11)24(2,20)21/h3-10H,1-2H3. The van der Waals surface area contributed by atoms with Crippen LogP contribution < -0.4 is 4.74 Å². The Morgan fingerprint density at radius 2 is 1.75 bits per heavy atom. The fourth-order valence-corrected chi connectivity index (χ4v) is 3.23. The van der Waals surface area contributed by atoms with E-state index in [-0.39, 0.29) is 4.90 Å². The first-order chi connectivity index (χ1) is 11.4. The van der Waals surface area contributed by atoms with Crippen molar-refractivity contribution in [2.75, 3.05) is 13.4 Å². The van der Waals surface area contributed by atoms with Crippen molar-refractivity contribution in [2.24, 2.45) is 0 Å². The maximum atomic E-state index is 11.6. The summed E-state index contributed by atoms with van der Waals surface area (Å²) in [6, 6.07) is 11.9. The molecule has 7 heteroatoms. The van der Waals surface area contributed by atoms with Gasteiger partial charge in [0.15, 0.2) is 9.84 Å². The third-order valence-electron chi connectivity index (χ3n) is 3.59. The molecule has 0 N–H and O–H groups in total. The largest absolute Gasteiger partial charge is 0.495 e. The molecule has 0 saturated heterocycles. The summed E-state index contributed by atoms with van der Waals surface area (Å²) in [5.74, 6) is 0.572. The van der Waals surface area contributed by atoms with Crippen LogP contribution in [0.3, 0.4) is 0 Å². The quantitative estimate of drug-likeness (QED) is 0.698. The molecule has 0 aliphatic heterocycles. The highest BCUT2D eigenvalue weighted by Gasteiger charge is 2.15. The van der Waals surface area contributed by atoms with E-state index in [9.17, 15) is 8.42 Å².